The van der Waals surface area contributed by atoms with Crippen LogP contribution < -0.4 is 16.0 Å². The summed E-state index contributed by atoms with van der Waals surface area (Å²) in [7, 11) is 0. The summed E-state index contributed by atoms with van der Waals surface area (Å²) in [4.78, 5) is 11.8. The molecule has 1 saturated heterocycles. The average Bonchev–Trinajstić information content (AvgIpc) is 2.63. The zero-order valence-corrected chi connectivity index (χ0v) is 16.3. The number of nitrogens with one attached hydrogen (secondary N) is 1. The van der Waals surface area contributed by atoms with Crippen LogP contribution in [-0.4, -0.2) is 29.1 Å². The summed E-state index contributed by atoms with van der Waals surface area (Å²) in [5.41, 5.74) is 10.9. The Bertz CT molecular complexity index is 743. The molecule has 5 nitrogen and oxygen atoms in total. The number of hydrogen-bond acceptors (Lipinski definition) is 5. The largest absolute Gasteiger partial charge is 0.355 e. The van der Waals surface area contributed by atoms with Crippen LogP contribution in [0.4, 0.5) is 17.5 Å². The molecule has 1 aromatic carbocycles. The van der Waals surface area contributed by atoms with Crippen LogP contribution in [0, 0.1) is 13.8 Å². The third kappa shape index (κ3) is 4.73. The highest BCUT2D eigenvalue weighted by molar-refractivity contribution is 5.57. The Labute approximate surface area is 157 Å². The van der Waals surface area contributed by atoms with Crippen molar-refractivity contribution < 1.29 is 0 Å². The SMILES string of the molecule is CCCCc1cc(N2CCCC(N)C2)nc(Nc2ccc(C)c(C)c2)n1. The molecule has 140 valence electrons. The fourth-order valence-electron chi connectivity index (χ4n) is 3.35. The molecule has 1 fully saturated rings. The molecule has 0 spiro atoms. The third-order valence-corrected chi connectivity index (χ3v) is 5.10. The molecule has 0 radical (unpaired) electrons. The molecule has 5 heteroatoms. The van der Waals surface area contributed by atoms with E-state index in [1.54, 1.807) is 0 Å². The minimum atomic E-state index is 0.231. The second-order valence-corrected chi connectivity index (χ2v) is 7.42. The molecule has 1 unspecified atom stereocenters. The van der Waals surface area contributed by atoms with Crippen molar-refractivity contribution in [2.75, 3.05) is 23.3 Å². The Morgan fingerprint density at radius 2 is 2.04 bits per heavy atom. The first-order chi connectivity index (χ1) is 12.5. The summed E-state index contributed by atoms with van der Waals surface area (Å²) in [6, 6.07) is 8.73. The second kappa shape index (κ2) is 8.49. The van der Waals surface area contributed by atoms with Crippen LogP contribution >= 0.6 is 0 Å². The van der Waals surface area contributed by atoms with Crippen molar-refractivity contribution in [3.63, 3.8) is 0 Å². The third-order valence-electron chi connectivity index (χ3n) is 5.10. The van der Waals surface area contributed by atoms with E-state index in [0.29, 0.717) is 5.95 Å². The summed E-state index contributed by atoms with van der Waals surface area (Å²) >= 11 is 0. The van der Waals surface area contributed by atoms with Crippen molar-refractivity contribution in [2.45, 2.75) is 58.9 Å². The molecular formula is C21H31N5. The molecule has 3 N–H and O–H groups in total. The van der Waals surface area contributed by atoms with Gasteiger partial charge in [-0.2, -0.15) is 4.98 Å². The monoisotopic (exact) mass is 353 g/mol. The predicted octanol–water partition coefficient (Wildman–Crippen LogP) is 4.11. The van der Waals surface area contributed by atoms with Crippen LogP contribution in [0.5, 0.6) is 0 Å². The number of piperidine rings is 1. The maximum absolute atomic E-state index is 6.17. The lowest BCUT2D eigenvalue weighted by Crippen LogP contribution is -2.43. The zero-order valence-electron chi connectivity index (χ0n) is 16.3. The van der Waals surface area contributed by atoms with Crippen LogP contribution in [0.25, 0.3) is 0 Å². The Hall–Kier alpha value is -2.14. The molecule has 3 rings (SSSR count). The quantitative estimate of drug-likeness (QED) is 0.818. The van der Waals surface area contributed by atoms with Gasteiger partial charge in [0.1, 0.15) is 5.82 Å². The number of anilines is 3. The van der Waals surface area contributed by atoms with Crippen LogP contribution in [0.1, 0.15) is 49.4 Å². The molecule has 1 atom stereocenters. The summed E-state index contributed by atoms with van der Waals surface area (Å²) < 4.78 is 0. The normalized spacial score (nSPS) is 17.4. The molecular weight excluding hydrogens is 322 g/mol. The van der Waals surface area contributed by atoms with E-state index in [2.05, 4.69) is 55.3 Å². The number of aromatic nitrogens is 2. The van der Waals surface area contributed by atoms with Gasteiger partial charge in [-0.05, 0) is 62.8 Å². The van der Waals surface area contributed by atoms with E-state index in [-0.39, 0.29) is 6.04 Å². The van der Waals surface area contributed by atoms with Crippen LogP contribution in [-0.2, 0) is 6.42 Å². The summed E-state index contributed by atoms with van der Waals surface area (Å²) in [6.07, 6.45) is 5.49. The average molecular weight is 354 g/mol. The van der Waals surface area contributed by atoms with Gasteiger partial charge < -0.3 is 16.0 Å². The van der Waals surface area contributed by atoms with Gasteiger partial charge >= 0.3 is 0 Å². The standard InChI is InChI=1S/C21H31N5/c1-4-5-8-18-13-20(26-11-6-7-17(22)14-26)25-21(23-18)24-19-10-9-15(2)16(3)12-19/h9-10,12-13,17H,4-8,11,14,22H2,1-3H3,(H,23,24,25). The van der Waals surface area contributed by atoms with Crippen molar-refractivity contribution in [1.29, 1.82) is 0 Å². The lowest BCUT2D eigenvalue weighted by atomic mass is 10.1. The maximum atomic E-state index is 6.17. The lowest BCUT2D eigenvalue weighted by molar-refractivity contribution is 0.503. The molecule has 0 aliphatic carbocycles. The predicted molar refractivity (Wildman–Crippen MR) is 109 cm³/mol. The topological polar surface area (TPSA) is 67.1 Å². The van der Waals surface area contributed by atoms with E-state index >= 15 is 0 Å². The maximum Gasteiger partial charge on any atom is 0.229 e. The van der Waals surface area contributed by atoms with E-state index in [4.69, 9.17) is 15.7 Å². The minimum absolute atomic E-state index is 0.231. The van der Waals surface area contributed by atoms with Gasteiger partial charge in [0.15, 0.2) is 0 Å². The molecule has 1 aliphatic heterocycles. The van der Waals surface area contributed by atoms with Gasteiger partial charge in [-0.15, -0.1) is 0 Å². The molecule has 0 saturated carbocycles. The van der Waals surface area contributed by atoms with E-state index in [1.165, 1.54) is 11.1 Å². The van der Waals surface area contributed by atoms with Crippen molar-refractivity contribution in [2.24, 2.45) is 5.73 Å². The fraction of sp³-hybridized carbons (Fsp3) is 0.524. The highest BCUT2D eigenvalue weighted by Gasteiger charge is 2.19. The fourth-order valence-corrected chi connectivity index (χ4v) is 3.35. The van der Waals surface area contributed by atoms with Gasteiger partial charge in [-0.25, -0.2) is 4.98 Å². The van der Waals surface area contributed by atoms with Gasteiger partial charge in [-0.1, -0.05) is 19.4 Å². The van der Waals surface area contributed by atoms with E-state index in [9.17, 15) is 0 Å². The molecule has 0 amide bonds. The number of nitrogens with zero attached hydrogens (tertiary/aromatic N) is 3. The molecule has 2 aromatic rings. The first-order valence-corrected chi connectivity index (χ1v) is 9.78. The van der Waals surface area contributed by atoms with Crippen molar-refractivity contribution in [1.82, 2.24) is 9.97 Å². The smallest absolute Gasteiger partial charge is 0.229 e. The second-order valence-electron chi connectivity index (χ2n) is 7.42. The van der Waals surface area contributed by atoms with E-state index in [1.807, 2.05) is 0 Å². The van der Waals surface area contributed by atoms with Gasteiger partial charge in [-0.3, -0.25) is 0 Å². The highest BCUT2D eigenvalue weighted by atomic mass is 15.2. The first-order valence-electron chi connectivity index (χ1n) is 9.78. The van der Waals surface area contributed by atoms with Crippen LogP contribution in [0.3, 0.4) is 0 Å². The van der Waals surface area contributed by atoms with E-state index < -0.39 is 0 Å². The number of rotatable bonds is 6. The lowest BCUT2D eigenvalue weighted by Gasteiger charge is -2.32. The van der Waals surface area contributed by atoms with Crippen molar-refractivity contribution >= 4 is 17.5 Å². The number of unbranched alkanes of at least 4 members (excludes halogenated alkanes) is 1. The Balaban J connectivity index is 1.87. The molecule has 1 aromatic heterocycles. The van der Waals surface area contributed by atoms with Gasteiger partial charge in [0.25, 0.3) is 0 Å². The number of nitrogens with two attached hydrogens (primary N) is 1. The highest BCUT2D eigenvalue weighted by Crippen LogP contribution is 2.23. The number of aryl methyl sites for hydroxylation is 3. The first kappa shape index (κ1) is 18.6. The Kier molecular flexibility index (Phi) is 6.09. The minimum Gasteiger partial charge on any atom is -0.355 e. The molecule has 2 heterocycles. The van der Waals surface area contributed by atoms with Gasteiger partial charge in [0.2, 0.25) is 5.95 Å². The number of benzene rings is 1. The summed E-state index contributed by atoms with van der Waals surface area (Å²) in [5.74, 6) is 1.67. The molecule has 26 heavy (non-hydrogen) atoms. The Morgan fingerprint density at radius 1 is 1.19 bits per heavy atom. The summed E-state index contributed by atoms with van der Waals surface area (Å²) in [5, 5.41) is 3.40. The van der Waals surface area contributed by atoms with Gasteiger partial charge in [0.05, 0.1) is 0 Å². The number of hydrogen-bond donors (Lipinski definition) is 2. The van der Waals surface area contributed by atoms with Crippen LogP contribution in [0.2, 0.25) is 0 Å². The molecule has 1 aliphatic rings. The van der Waals surface area contributed by atoms with Crippen LogP contribution in [0.15, 0.2) is 24.3 Å². The van der Waals surface area contributed by atoms with E-state index in [0.717, 1.165) is 62.4 Å². The Morgan fingerprint density at radius 3 is 2.77 bits per heavy atom. The van der Waals surface area contributed by atoms with Crippen molar-refractivity contribution in [3.8, 4) is 0 Å². The van der Waals surface area contributed by atoms with Gasteiger partial charge in [0, 0.05) is 36.6 Å². The van der Waals surface area contributed by atoms with Crippen molar-refractivity contribution in [3.05, 3.63) is 41.1 Å². The zero-order chi connectivity index (χ0) is 18.5. The molecule has 0 bridgehead atoms. The summed E-state index contributed by atoms with van der Waals surface area (Å²) in [6.45, 7) is 8.34.